The van der Waals surface area contributed by atoms with Crippen molar-refractivity contribution in [1.82, 2.24) is 14.9 Å². The van der Waals surface area contributed by atoms with Gasteiger partial charge in [0.25, 0.3) is 0 Å². The molecule has 2 aromatic rings. The molecule has 0 spiro atoms. The summed E-state index contributed by atoms with van der Waals surface area (Å²) >= 11 is 0. The summed E-state index contributed by atoms with van der Waals surface area (Å²) in [5, 5.41) is 6.58. The fraction of sp³-hybridized carbons (Fsp3) is 0.450. The van der Waals surface area contributed by atoms with E-state index in [1.807, 2.05) is 20.2 Å². The molecule has 2 N–H and O–H groups in total. The van der Waals surface area contributed by atoms with Crippen LogP contribution >= 0.6 is 0 Å². The fourth-order valence-corrected chi connectivity index (χ4v) is 2.78. The van der Waals surface area contributed by atoms with Gasteiger partial charge < -0.3 is 25.0 Å². The highest BCUT2D eigenvalue weighted by molar-refractivity contribution is 5.93. The third kappa shape index (κ3) is 5.10. The van der Waals surface area contributed by atoms with Gasteiger partial charge in [0.2, 0.25) is 5.95 Å². The van der Waals surface area contributed by atoms with Gasteiger partial charge in [0.05, 0.1) is 19.9 Å². The molecule has 0 amide bonds. The van der Waals surface area contributed by atoms with Gasteiger partial charge in [-0.25, -0.2) is 9.78 Å². The largest absolute Gasteiger partial charge is 0.496 e. The van der Waals surface area contributed by atoms with Crippen LogP contribution in [0.2, 0.25) is 0 Å². The molecule has 0 bridgehead atoms. The number of hydrogen-bond donors (Lipinski definition) is 2. The van der Waals surface area contributed by atoms with Crippen molar-refractivity contribution in [3.63, 3.8) is 0 Å². The first-order chi connectivity index (χ1) is 13.5. The minimum atomic E-state index is -0.436. The topological polar surface area (TPSA) is 88.6 Å². The van der Waals surface area contributed by atoms with Gasteiger partial charge in [-0.3, -0.25) is 0 Å². The number of nitrogens with zero attached hydrogens (tertiary/aromatic N) is 3. The molecule has 0 atom stereocenters. The molecule has 1 aromatic carbocycles. The van der Waals surface area contributed by atoms with E-state index in [0.29, 0.717) is 29.0 Å². The zero-order valence-corrected chi connectivity index (χ0v) is 16.8. The Morgan fingerprint density at radius 2 is 2.00 bits per heavy atom. The molecule has 1 heterocycles. The Balaban J connectivity index is 1.80. The summed E-state index contributed by atoms with van der Waals surface area (Å²) in [5.74, 6) is 1.84. The molecule has 0 saturated heterocycles. The molecule has 0 radical (unpaired) electrons. The minimum Gasteiger partial charge on any atom is -0.496 e. The fourth-order valence-electron chi connectivity index (χ4n) is 2.78. The summed E-state index contributed by atoms with van der Waals surface area (Å²) in [6.07, 6.45) is 2.32. The molecule has 3 rings (SSSR count). The number of carbonyl (C=O) groups excluding carboxylic acids is 1. The number of carbonyl (C=O) groups is 1. The lowest BCUT2D eigenvalue weighted by Gasteiger charge is -2.14. The Labute approximate surface area is 165 Å². The predicted octanol–water partition coefficient (Wildman–Crippen LogP) is 2.87. The molecule has 1 fully saturated rings. The molecule has 1 aromatic heterocycles. The molecule has 0 aliphatic heterocycles. The van der Waals surface area contributed by atoms with Crippen molar-refractivity contribution in [3.8, 4) is 5.75 Å². The van der Waals surface area contributed by atoms with E-state index in [9.17, 15) is 4.79 Å². The molecule has 8 heteroatoms. The summed E-state index contributed by atoms with van der Waals surface area (Å²) < 4.78 is 10.1. The van der Waals surface area contributed by atoms with Crippen molar-refractivity contribution >= 4 is 23.4 Å². The molecular weight excluding hydrogens is 358 g/mol. The van der Waals surface area contributed by atoms with Gasteiger partial charge in [-0.1, -0.05) is 0 Å². The van der Waals surface area contributed by atoms with Crippen molar-refractivity contribution in [2.75, 3.05) is 52.0 Å². The van der Waals surface area contributed by atoms with Gasteiger partial charge in [-0.2, -0.15) is 4.98 Å². The molecule has 1 aliphatic carbocycles. The number of nitrogens with one attached hydrogen (secondary N) is 2. The maximum absolute atomic E-state index is 11.8. The second-order valence-corrected chi connectivity index (χ2v) is 7.04. The van der Waals surface area contributed by atoms with E-state index in [-0.39, 0.29) is 0 Å². The number of aromatic nitrogens is 2. The summed E-state index contributed by atoms with van der Waals surface area (Å²) in [4.78, 5) is 23.2. The Morgan fingerprint density at radius 3 is 2.64 bits per heavy atom. The van der Waals surface area contributed by atoms with E-state index in [4.69, 9.17) is 9.47 Å². The first kappa shape index (κ1) is 19.9. The molecule has 1 aliphatic rings. The highest BCUT2D eigenvalue weighted by atomic mass is 16.5. The number of ether oxygens (including phenoxy) is 2. The number of methoxy groups -OCH3 is 2. The highest BCUT2D eigenvalue weighted by Gasteiger charge is 2.26. The Bertz CT molecular complexity index is 837. The van der Waals surface area contributed by atoms with Crippen LogP contribution in [0.3, 0.4) is 0 Å². The number of anilines is 3. The van der Waals surface area contributed by atoms with E-state index in [1.54, 1.807) is 18.2 Å². The number of benzene rings is 1. The van der Waals surface area contributed by atoms with Crippen molar-refractivity contribution in [3.05, 3.63) is 35.5 Å². The number of esters is 1. The zero-order chi connectivity index (χ0) is 20.1. The van der Waals surface area contributed by atoms with Gasteiger partial charge in [0.15, 0.2) is 0 Å². The van der Waals surface area contributed by atoms with Crippen LogP contribution in [0.1, 0.15) is 34.8 Å². The lowest BCUT2D eigenvalue weighted by atomic mass is 10.1. The van der Waals surface area contributed by atoms with Crippen LogP contribution in [-0.4, -0.2) is 62.2 Å². The summed E-state index contributed by atoms with van der Waals surface area (Å²) in [5.41, 5.74) is 2.19. The van der Waals surface area contributed by atoms with Gasteiger partial charge in [-0.05, 0) is 39.1 Å². The third-order valence-electron chi connectivity index (χ3n) is 4.46. The van der Waals surface area contributed by atoms with Gasteiger partial charge in [-0.15, -0.1) is 0 Å². The average Bonchev–Trinajstić information content (AvgIpc) is 3.52. The Kier molecular flexibility index (Phi) is 6.30. The summed E-state index contributed by atoms with van der Waals surface area (Å²) in [7, 11) is 6.93. The van der Waals surface area contributed by atoms with Crippen molar-refractivity contribution in [1.29, 1.82) is 0 Å². The first-order valence-corrected chi connectivity index (χ1v) is 9.31. The second-order valence-electron chi connectivity index (χ2n) is 7.04. The van der Waals surface area contributed by atoms with Crippen molar-refractivity contribution in [2.45, 2.75) is 18.8 Å². The molecule has 150 valence electrons. The van der Waals surface area contributed by atoms with Crippen molar-refractivity contribution < 1.29 is 14.3 Å². The third-order valence-corrected chi connectivity index (χ3v) is 4.46. The van der Waals surface area contributed by atoms with E-state index in [0.717, 1.165) is 37.3 Å². The lowest BCUT2D eigenvalue weighted by molar-refractivity contribution is 0.0597. The summed E-state index contributed by atoms with van der Waals surface area (Å²) in [6.45, 7) is 1.66. The monoisotopic (exact) mass is 385 g/mol. The van der Waals surface area contributed by atoms with Crippen LogP contribution in [0.15, 0.2) is 24.3 Å². The zero-order valence-electron chi connectivity index (χ0n) is 16.8. The van der Waals surface area contributed by atoms with E-state index in [1.165, 1.54) is 14.2 Å². The maximum atomic E-state index is 11.8. The number of likely N-dealkylation sites (N-methyl/N-ethyl adjacent to an activating group) is 1. The molecular formula is C20H27N5O3. The highest BCUT2D eigenvalue weighted by Crippen LogP contribution is 2.40. The minimum absolute atomic E-state index is 0.378. The van der Waals surface area contributed by atoms with Crippen LogP contribution in [0.4, 0.5) is 17.5 Å². The molecule has 0 unspecified atom stereocenters. The average molecular weight is 385 g/mol. The lowest BCUT2D eigenvalue weighted by Crippen LogP contribution is -2.21. The standard InChI is InChI=1S/C20H27N5O3/c1-25(2)10-9-21-20-23-16(13-5-6-13)12-18(24-20)22-14-7-8-15(19(26)28-4)17(11-14)27-3/h7-8,11-13H,5-6,9-10H2,1-4H3,(H2,21,22,23,24). The van der Waals surface area contributed by atoms with Crippen molar-refractivity contribution in [2.24, 2.45) is 0 Å². The Morgan fingerprint density at radius 1 is 1.21 bits per heavy atom. The Hall–Kier alpha value is -2.87. The van der Waals surface area contributed by atoms with Crippen LogP contribution in [-0.2, 0) is 4.74 Å². The number of rotatable bonds is 9. The van der Waals surface area contributed by atoms with Gasteiger partial charge >= 0.3 is 5.97 Å². The van der Waals surface area contributed by atoms with Gasteiger partial charge in [0, 0.05) is 36.8 Å². The van der Waals surface area contributed by atoms with Gasteiger partial charge in [0.1, 0.15) is 17.1 Å². The normalized spacial score (nSPS) is 13.3. The van der Waals surface area contributed by atoms with Crippen LogP contribution in [0.25, 0.3) is 0 Å². The quantitative estimate of drug-likeness (QED) is 0.637. The van der Waals surface area contributed by atoms with Crippen LogP contribution < -0.4 is 15.4 Å². The molecule has 28 heavy (non-hydrogen) atoms. The van der Waals surface area contributed by atoms with E-state index < -0.39 is 5.97 Å². The summed E-state index contributed by atoms with van der Waals surface area (Å²) in [6, 6.07) is 7.21. The van der Waals surface area contributed by atoms with E-state index >= 15 is 0 Å². The predicted molar refractivity (Wildman–Crippen MR) is 109 cm³/mol. The molecule has 1 saturated carbocycles. The number of hydrogen-bond acceptors (Lipinski definition) is 8. The van der Waals surface area contributed by atoms with Crippen LogP contribution in [0.5, 0.6) is 5.75 Å². The maximum Gasteiger partial charge on any atom is 0.341 e. The second kappa shape index (κ2) is 8.88. The SMILES string of the molecule is COC(=O)c1ccc(Nc2cc(C3CC3)nc(NCCN(C)C)n2)cc1OC. The smallest absolute Gasteiger partial charge is 0.341 e. The van der Waals surface area contributed by atoms with Crippen LogP contribution in [0, 0.1) is 0 Å². The first-order valence-electron chi connectivity index (χ1n) is 9.31. The molecule has 8 nitrogen and oxygen atoms in total. The van der Waals surface area contributed by atoms with E-state index in [2.05, 4.69) is 25.5 Å².